The largest absolute Gasteiger partial charge is 0.472 e. The molecule has 116 valence electrons. The molecule has 2 aliphatic rings. The molecule has 2 fully saturated rings. The van der Waals surface area contributed by atoms with Gasteiger partial charge in [0.2, 0.25) is 15.9 Å². The van der Waals surface area contributed by atoms with Crippen LogP contribution in [0.1, 0.15) is 19.8 Å². The molecule has 1 aliphatic carbocycles. The van der Waals surface area contributed by atoms with E-state index in [0.29, 0.717) is 19.0 Å². The highest BCUT2D eigenvalue weighted by molar-refractivity contribution is 7.89. The third-order valence-electron chi connectivity index (χ3n) is 4.12. The molecule has 7 heteroatoms. The maximum atomic E-state index is 12.2. The van der Waals surface area contributed by atoms with Gasteiger partial charge in [-0.3, -0.25) is 0 Å². The van der Waals surface area contributed by atoms with Crippen molar-refractivity contribution in [2.75, 3.05) is 18.9 Å². The first-order chi connectivity index (χ1) is 10.1. The van der Waals surface area contributed by atoms with Crippen LogP contribution in [-0.4, -0.2) is 54.9 Å². The smallest absolute Gasteiger partial charge is 0.214 e. The lowest BCUT2D eigenvalue weighted by Gasteiger charge is -2.37. The summed E-state index contributed by atoms with van der Waals surface area (Å²) in [6.45, 7) is 2.53. The molecule has 0 amide bonds. The molecular formula is C14H20N2O4S. The average Bonchev–Trinajstić information content (AvgIpc) is 2.91. The fraction of sp³-hybridized carbons (Fsp3) is 0.643. The predicted octanol–water partition coefficient (Wildman–Crippen LogP) is 1.04. The normalized spacial score (nSPS) is 30.0. The molecule has 1 aliphatic heterocycles. The van der Waals surface area contributed by atoms with Crippen molar-refractivity contribution < 1.29 is 17.9 Å². The lowest BCUT2D eigenvalue weighted by Crippen LogP contribution is -2.54. The van der Waals surface area contributed by atoms with Gasteiger partial charge in [0.05, 0.1) is 18.4 Å². The van der Waals surface area contributed by atoms with E-state index in [2.05, 4.69) is 4.98 Å². The standard InChI is InChI=1S/C14H20N2O4S/c1-2-21(17,18)16-9-10-19-14-11(16)6-7-12(14)20-13-5-3-4-8-15-13/h3-5,8,11-12,14H,2,6-7,9-10H2,1H3/t11-,12+,14+/m1/s1. The van der Waals surface area contributed by atoms with Crippen LogP contribution in [-0.2, 0) is 14.8 Å². The summed E-state index contributed by atoms with van der Waals surface area (Å²) in [5.41, 5.74) is 0. The van der Waals surface area contributed by atoms with Crippen molar-refractivity contribution in [2.24, 2.45) is 0 Å². The van der Waals surface area contributed by atoms with Gasteiger partial charge in [-0.25, -0.2) is 13.4 Å². The number of pyridine rings is 1. The van der Waals surface area contributed by atoms with Crippen LogP contribution in [0.2, 0.25) is 0 Å². The van der Waals surface area contributed by atoms with Gasteiger partial charge in [0.15, 0.2) is 0 Å². The molecule has 3 rings (SSSR count). The van der Waals surface area contributed by atoms with Gasteiger partial charge in [-0.2, -0.15) is 4.31 Å². The number of hydrogen-bond donors (Lipinski definition) is 0. The molecule has 0 bridgehead atoms. The number of sulfonamides is 1. The first kappa shape index (κ1) is 14.7. The number of hydrogen-bond acceptors (Lipinski definition) is 5. The molecule has 0 unspecified atom stereocenters. The molecule has 1 aromatic rings. The third kappa shape index (κ3) is 2.90. The van der Waals surface area contributed by atoms with Crippen molar-refractivity contribution in [1.82, 2.24) is 9.29 Å². The molecule has 0 N–H and O–H groups in total. The molecule has 1 saturated heterocycles. The van der Waals surface area contributed by atoms with Crippen molar-refractivity contribution in [1.29, 1.82) is 0 Å². The minimum atomic E-state index is -3.19. The van der Waals surface area contributed by atoms with E-state index in [1.165, 1.54) is 0 Å². The molecule has 3 atom stereocenters. The van der Waals surface area contributed by atoms with E-state index in [0.717, 1.165) is 12.8 Å². The van der Waals surface area contributed by atoms with Gasteiger partial charge in [-0.05, 0) is 25.8 Å². The second-order valence-electron chi connectivity index (χ2n) is 5.32. The minimum Gasteiger partial charge on any atom is -0.472 e. The maximum Gasteiger partial charge on any atom is 0.214 e. The average molecular weight is 312 g/mol. The highest BCUT2D eigenvalue weighted by Crippen LogP contribution is 2.34. The van der Waals surface area contributed by atoms with Crippen molar-refractivity contribution in [3.8, 4) is 5.88 Å². The van der Waals surface area contributed by atoms with Gasteiger partial charge in [0.25, 0.3) is 0 Å². The highest BCUT2D eigenvalue weighted by atomic mass is 32.2. The van der Waals surface area contributed by atoms with Crippen molar-refractivity contribution >= 4 is 10.0 Å². The van der Waals surface area contributed by atoms with E-state index in [1.807, 2.05) is 12.1 Å². The molecule has 0 aromatic carbocycles. The summed E-state index contributed by atoms with van der Waals surface area (Å²) >= 11 is 0. The Bertz CT molecular complexity index is 578. The Hall–Kier alpha value is -1.18. The van der Waals surface area contributed by atoms with Crippen LogP contribution in [0.15, 0.2) is 24.4 Å². The van der Waals surface area contributed by atoms with Gasteiger partial charge in [0.1, 0.15) is 12.2 Å². The number of ether oxygens (including phenoxy) is 2. The van der Waals surface area contributed by atoms with E-state index in [-0.39, 0.29) is 24.0 Å². The van der Waals surface area contributed by atoms with Crippen LogP contribution < -0.4 is 4.74 Å². The van der Waals surface area contributed by atoms with Gasteiger partial charge in [-0.1, -0.05) is 6.07 Å². The Morgan fingerprint density at radius 2 is 2.29 bits per heavy atom. The second kappa shape index (κ2) is 5.90. The fourth-order valence-electron chi connectivity index (χ4n) is 3.09. The van der Waals surface area contributed by atoms with Crippen molar-refractivity contribution in [2.45, 2.75) is 38.0 Å². The Labute approximate surface area is 125 Å². The lowest BCUT2D eigenvalue weighted by molar-refractivity contribution is -0.0668. The number of nitrogens with zero attached hydrogens (tertiary/aromatic N) is 2. The minimum absolute atomic E-state index is 0.114. The molecule has 0 spiro atoms. The van der Waals surface area contributed by atoms with E-state index in [4.69, 9.17) is 9.47 Å². The Morgan fingerprint density at radius 1 is 1.43 bits per heavy atom. The molecule has 6 nitrogen and oxygen atoms in total. The zero-order valence-electron chi connectivity index (χ0n) is 12.0. The molecular weight excluding hydrogens is 292 g/mol. The highest BCUT2D eigenvalue weighted by Gasteiger charge is 2.47. The molecule has 1 aromatic heterocycles. The molecule has 0 radical (unpaired) electrons. The first-order valence-corrected chi connectivity index (χ1v) is 8.91. The molecule has 21 heavy (non-hydrogen) atoms. The monoisotopic (exact) mass is 312 g/mol. The van der Waals surface area contributed by atoms with Crippen molar-refractivity contribution in [3.05, 3.63) is 24.4 Å². The second-order valence-corrected chi connectivity index (χ2v) is 7.53. The van der Waals surface area contributed by atoms with E-state index < -0.39 is 10.0 Å². The summed E-state index contributed by atoms with van der Waals surface area (Å²) in [5, 5.41) is 0. The van der Waals surface area contributed by atoms with Crippen LogP contribution in [0.25, 0.3) is 0 Å². The Kier molecular flexibility index (Phi) is 4.14. The van der Waals surface area contributed by atoms with E-state index in [1.54, 1.807) is 23.5 Å². The predicted molar refractivity (Wildman–Crippen MR) is 77.6 cm³/mol. The zero-order chi connectivity index (χ0) is 14.9. The van der Waals surface area contributed by atoms with Crippen LogP contribution in [0.4, 0.5) is 0 Å². The van der Waals surface area contributed by atoms with Crippen LogP contribution >= 0.6 is 0 Å². The number of aromatic nitrogens is 1. The number of fused-ring (bicyclic) bond motifs is 1. The molecule has 1 saturated carbocycles. The first-order valence-electron chi connectivity index (χ1n) is 7.30. The summed E-state index contributed by atoms with van der Waals surface area (Å²) in [4.78, 5) is 4.15. The Morgan fingerprint density at radius 3 is 3.00 bits per heavy atom. The van der Waals surface area contributed by atoms with E-state index in [9.17, 15) is 8.42 Å². The molecule has 2 heterocycles. The summed E-state index contributed by atoms with van der Waals surface area (Å²) in [6, 6.07) is 5.38. The van der Waals surface area contributed by atoms with Gasteiger partial charge >= 0.3 is 0 Å². The van der Waals surface area contributed by atoms with E-state index >= 15 is 0 Å². The number of rotatable bonds is 4. The van der Waals surface area contributed by atoms with Crippen LogP contribution in [0.3, 0.4) is 0 Å². The zero-order valence-corrected chi connectivity index (χ0v) is 12.8. The topological polar surface area (TPSA) is 68.7 Å². The van der Waals surface area contributed by atoms with Crippen LogP contribution in [0, 0.1) is 0 Å². The lowest BCUT2D eigenvalue weighted by atomic mass is 10.1. The summed E-state index contributed by atoms with van der Waals surface area (Å²) < 4.78 is 37.6. The third-order valence-corrected chi connectivity index (χ3v) is 6.01. The quantitative estimate of drug-likeness (QED) is 0.831. The summed E-state index contributed by atoms with van der Waals surface area (Å²) in [6.07, 6.45) is 2.88. The summed E-state index contributed by atoms with van der Waals surface area (Å²) in [5.74, 6) is 0.685. The fourth-order valence-corrected chi connectivity index (χ4v) is 4.41. The van der Waals surface area contributed by atoms with Crippen molar-refractivity contribution in [3.63, 3.8) is 0 Å². The van der Waals surface area contributed by atoms with Gasteiger partial charge in [-0.15, -0.1) is 0 Å². The van der Waals surface area contributed by atoms with Gasteiger partial charge in [0, 0.05) is 18.8 Å². The summed E-state index contributed by atoms with van der Waals surface area (Å²) in [7, 11) is -3.19. The number of morpholine rings is 1. The maximum absolute atomic E-state index is 12.2. The van der Waals surface area contributed by atoms with Gasteiger partial charge < -0.3 is 9.47 Å². The van der Waals surface area contributed by atoms with Crippen LogP contribution in [0.5, 0.6) is 5.88 Å². The Balaban J connectivity index is 1.75. The SMILES string of the molecule is CCS(=O)(=O)N1CCO[C@@H]2[C@@H](Oc3ccccn3)CC[C@H]21.